The third-order valence-electron chi connectivity index (χ3n) is 3.66. The van der Waals surface area contributed by atoms with Gasteiger partial charge >= 0.3 is 0 Å². The SMILES string of the molecule is CC1=CC(C)(C(C)(C)C)CC(C)=C1O. The van der Waals surface area contributed by atoms with Gasteiger partial charge < -0.3 is 5.11 Å². The molecular formula is C13H22O. The third kappa shape index (κ3) is 1.73. The molecule has 1 atom stereocenters. The lowest BCUT2D eigenvalue weighted by atomic mass is 9.62. The van der Waals surface area contributed by atoms with Crippen molar-refractivity contribution in [1.82, 2.24) is 0 Å². The second-order valence-corrected chi connectivity index (χ2v) is 5.80. The summed E-state index contributed by atoms with van der Waals surface area (Å²) in [6, 6.07) is 0. The monoisotopic (exact) mass is 194 g/mol. The Morgan fingerprint density at radius 3 is 2.14 bits per heavy atom. The lowest BCUT2D eigenvalue weighted by Crippen LogP contribution is -2.33. The number of aliphatic hydroxyl groups is 1. The highest BCUT2D eigenvalue weighted by molar-refractivity contribution is 5.35. The predicted molar refractivity (Wildman–Crippen MR) is 61.3 cm³/mol. The van der Waals surface area contributed by atoms with Crippen LogP contribution in [0.15, 0.2) is 23.0 Å². The minimum atomic E-state index is 0.160. The Kier molecular flexibility index (Phi) is 2.55. The van der Waals surface area contributed by atoms with Crippen LogP contribution in [0.4, 0.5) is 0 Å². The van der Waals surface area contributed by atoms with E-state index in [2.05, 4.69) is 33.8 Å². The zero-order valence-electron chi connectivity index (χ0n) is 10.2. The maximum Gasteiger partial charge on any atom is 0.117 e. The molecule has 0 radical (unpaired) electrons. The summed E-state index contributed by atoms with van der Waals surface area (Å²) in [5.41, 5.74) is 2.53. The van der Waals surface area contributed by atoms with Crippen LogP contribution in [0.2, 0.25) is 0 Å². The van der Waals surface area contributed by atoms with Gasteiger partial charge in [0.15, 0.2) is 0 Å². The molecule has 0 bridgehead atoms. The molecule has 0 heterocycles. The minimum Gasteiger partial charge on any atom is -0.508 e. The fourth-order valence-corrected chi connectivity index (χ4v) is 2.05. The average Bonchev–Trinajstić information content (AvgIpc) is 1.98. The molecule has 0 fully saturated rings. The maximum absolute atomic E-state index is 9.76. The van der Waals surface area contributed by atoms with Crippen molar-refractivity contribution < 1.29 is 5.11 Å². The van der Waals surface area contributed by atoms with E-state index >= 15 is 0 Å². The van der Waals surface area contributed by atoms with Gasteiger partial charge in [0.2, 0.25) is 0 Å². The molecule has 0 amide bonds. The van der Waals surface area contributed by atoms with Gasteiger partial charge in [0.05, 0.1) is 0 Å². The Labute approximate surface area is 87.5 Å². The second kappa shape index (κ2) is 3.15. The minimum absolute atomic E-state index is 0.160. The first-order chi connectivity index (χ1) is 6.17. The molecule has 80 valence electrons. The van der Waals surface area contributed by atoms with Crippen molar-refractivity contribution in [3.8, 4) is 0 Å². The van der Waals surface area contributed by atoms with Gasteiger partial charge in [-0.05, 0) is 42.2 Å². The molecule has 0 saturated heterocycles. The van der Waals surface area contributed by atoms with Crippen molar-refractivity contribution in [2.24, 2.45) is 10.8 Å². The highest BCUT2D eigenvalue weighted by Gasteiger charge is 2.38. The number of rotatable bonds is 0. The van der Waals surface area contributed by atoms with Crippen molar-refractivity contribution in [1.29, 1.82) is 0 Å². The second-order valence-electron chi connectivity index (χ2n) is 5.80. The molecule has 0 aromatic carbocycles. The highest BCUT2D eigenvalue weighted by atomic mass is 16.3. The van der Waals surface area contributed by atoms with Crippen LogP contribution in [0.25, 0.3) is 0 Å². The van der Waals surface area contributed by atoms with Crippen molar-refractivity contribution in [2.45, 2.75) is 48.0 Å². The summed E-state index contributed by atoms with van der Waals surface area (Å²) in [4.78, 5) is 0. The number of aliphatic hydroxyl groups excluding tert-OH is 1. The van der Waals surface area contributed by atoms with E-state index in [4.69, 9.17) is 0 Å². The van der Waals surface area contributed by atoms with Gasteiger partial charge in [-0.15, -0.1) is 0 Å². The van der Waals surface area contributed by atoms with Crippen LogP contribution in [0.3, 0.4) is 0 Å². The molecule has 1 aliphatic carbocycles. The summed E-state index contributed by atoms with van der Waals surface area (Å²) in [6.07, 6.45) is 3.18. The Morgan fingerprint density at radius 2 is 1.79 bits per heavy atom. The molecule has 14 heavy (non-hydrogen) atoms. The van der Waals surface area contributed by atoms with Crippen LogP contribution in [0.5, 0.6) is 0 Å². The van der Waals surface area contributed by atoms with Crippen LogP contribution >= 0.6 is 0 Å². The van der Waals surface area contributed by atoms with Gasteiger partial charge in [0.25, 0.3) is 0 Å². The average molecular weight is 194 g/mol. The smallest absolute Gasteiger partial charge is 0.117 e. The first-order valence-corrected chi connectivity index (χ1v) is 5.26. The Hall–Kier alpha value is -0.720. The van der Waals surface area contributed by atoms with Gasteiger partial charge in [-0.3, -0.25) is 0 Å². The molecule has 1 nitrogen and oxygen atoms in total. The molecule has 0 aromatic rings. The zero-order valence-corrected chi connectivity index (χ0v) is 10.2. The molecule has 0 saturated carbocycles. The van der Waals surface area contributed by atoms with Gasteiger partial charge in [-0.1, -0.05) is 33.8 Å². The first kappa shape index (κ1) is 11.4. The maximum atomic E-state index is 9.76. The van der Waals surface area contributed by atoms with E-state index in [1.807, 2.05) is 13.8 Å². The van der Waals surface area contributed by atoms with E-state index in [-0.39, 0.29) is 10.8 Å². The molecule has 0 aliphatic heterocycles. The molecular weight excluding hydrogens is 172 g/mol. The number of hydrogen-bond acceptors (Lipinski definition) is 1. The van der Waals surface area contributed by atoms with E-state index in [0.717, 1.165) is 17.6 Å². The van der Waals surface area contributed by atoms with Crippen molar-refractivity contribution in [3.05, 3.63) is 23.0 Å². The van der Waals surface area contributed by atoms with Crippen LogP contribution in [-0.4, -0.2) is 5.11 Å². The van der Waals surface area contributed by atoms with E-state index < -0.39 is 0 Å². The van der Waals surface area contributed by atoms with Gasteiger partial charge in [0.1, 0.15) is 5.76 Å². The fraction of sp³-hybridized carbons (Fsp3) is 0.692. The molecule has 1 unspecified atom stereocenters. The number of allylic oxidation sites excluding steroid dienone is 3. The molecule has 1 aliphatic rings. The van der Waals surface area contributed by atoms with E-state index in [1.165, 1.54) is 0 Å². The summed E-state index contributed by atoms with van der Waals surface area (Å²) in [6.45, 7) is 13.1. The van der Waals surface area contributed by atoms with Crippen molar-refractivity contribution >= 4 is 0 Å². The van der Waals surface area contributed by atoms with Crippen molar-refractivity contribution in [2.75, 3.05) is 0 Å². The van der Waals surface area contributed by atoms with Crippen LogP contribution in [-0.2, 0) is 0 Å². The third-order valence-corrected chi connectivity index (χ3v) is 3.66. The lowest BCUT2D eigenvalue weighted by molar-refractivity contribution is 0.160. The molecule has 1 N–H and O–H groups in total. The predicted octanol–water partition coefficient (Wildman–Crippen LogP) is 4.22. The zero-order chi connectivity index (χ0) is 11.1. The number of hydrogen-bond donors (Lipinski definition) is 1. The van der Waals surface area contributed by atoms with E-state index in [1.54, 1.807) is 0 Å². The summed E-state index contributed by atoms with van der Waals surface area (Å²) < 4.78 is 0. The summed E-state index contributed by atoms with van der Waals surface area (Å²) in [5.74, 6) is 0.492. The summed E-state index contributed by atoms with van der Waals surface area (Å²) in [7, 11) is 0. The standard InChI is InChI=1S/C13H22O/c1-9-7-13(6,12(3,4)5)8-10(2)11(9)14/h7,14H,8H2,1-6H3. The quantitative estimate of drug-likeness (QED) is 0.612. The van der Waals surface area contributed by atoms with Crippen molar-refractivity contribution in [3.63, 3.8) is 0 Å². The van der Waals surface area contributed by atoms with Gasteiger partial charge in [-0.25, -0.2) is 0 Å². The van der Waals surface area contributed by atoms with E-state index in [9.17, 15) is 5.11 Å². The first-order valence-electron chi connectivity index (χ1n) is 5.26. The Bertz CT molecular complexity index is 302. The molecule has 0 spiro atoms. The van der Waals surface area contributed by atoms with E-state index in [0.29, 0.717) is 5.76 Å². The molecule has 1 rings (SSSR count). The van der Waals surface area contributed by atoms with Crippen LogP contribution in [0, 0.1) is 10.8 Å². The topological polar surface area (TPSA) is 20.2 Å². The molecule has 0 aromatic heterocycles. The van der Waals surface area contributed by atoms with Gasteiger partial charge in [0, 0.05) is 0 Å². The Morgan fingerprint density at radius 1 is 1.29 bits per heavy atom. The molecule has 1 heteroatoms. The van der Waals surface area contributed by atoms with Crippen LogP contribution in [0.1, 0.15) is 48.0 Å². The summed E-state index contributed by atoms with van der Waals surface area (Å²) >= 11 is 0. The largest absolute Gasteiger partial charge is 0.508 e. The Balaban J connectivity index is 3.13. The summed E-state index contributed by atoms with van der Waals surface area (Å²) in [5, 5.41) is 9.76. The fourth-order valence-electron chi connectivity index (χ4n) is 2.05. The highest BCUT2D eigenvalue weighted by Crippen LogP contribution is 2.48. The van der Waals surface area contributed by atoms with Crippen LogP contribution < -0.4 is 0 Å². The normalized spacial score (nSPS) is 29.1. The van der Waals surface area contributed by atoms with Gasteiger partial charge in [-0.2, -0.15) is 0 Å². The lowest BCUT2D eigenvalue weighted by Gasteiger charge is -2.42.